The van der Waals surface area contributed by atoms with E-state index in [9.17, 15) is 4.39 Å². The molecular formula is C21H36FIN4O. The maximum absolute atomic E-state index is 13.8. The van der Waals surface area contributed by atoms with Crippen LogP contribution in [0.15, 0.2) is 29.3 Å². The zero-order valence-corrected chi connectivity index (χ0v) is 19.6. The molecule has 28 heavy (non-hydrogen) atoms. The summed E-state index contributed by atoms with van der Waals surface area (Å²) >= 11 is 0. The van der Waals surface area contributed by atoms with E-state index in [1.54, 1.807) is 12.1 Å². The molecule has 0 bridgehead atoms. The fourth-order valence-electron chi connectivity index (χ4n) is 3.28. The lowest BCUT2D eigenvalue weighted by Crippen LogP contribution is -2.39. The molecule has 2 rings (SSSR count). The lowest BCUT2D eigenvalue weighted by molar-refractivity contribution is 0.145. The van der Waals surface area contributed by atoms with Crippen LogP contribution in [0.5, 0.6) is 0 Å². The average molecular weight is 506 g/mol. The van der Waals surface area contributed by atoms with Gasteiger partial charge in [-0.2, -0.15) is 0 Å². The predicted octanol–water partition coefficient (Wildman–Crippen LogP) is 3.64. The van der Waals surface area contributed by atoms with Gasteiger partial charge < -0.3 is 15.4 Å². The number of ether oxygens (including phenoxy) is 1. The van der Waals surface area contributed by atoms with Crippen LogP contribution in [-0.2, 0) is 11.3 Å². The van der Waals surface area contributed by atoms with E-state index in [0.717, 1.165) is 76.7 Å². The van der Waals surface area contributed by atoms with E-state index in [1.165, 1.54) is 0 Å². The number of guanidine groups is 1. The molecule has 0 saturated carbocycles. The quantitative estimate of drug-likeness (QED) is 0.220. The third kappa shape index (κ3) is 9.52. The third-order valence-electron chi connectivity index (χ3n) is 4.87. The molecule has 0 spiro atoms. The standard InChI is InChI=1S/C21H35FN4O.HI/c1-3-23-21(24-12-7-15-27-4-2)25-16-18-10-13-26(14-11-18)17-19-8-5-6-9-20(19)22;/h5-6,8-9,18H,3-4,7,10-17H2,1-2H3,(H2,23,24,25);1H. The van der Waals surface area contributed by atoms with Crippen LogP contribution in [0.3, 0.4) is 0 Å². The van der Waals surface area contributed by atoms with Crippen molar-refractivity contribution in [2.24, 2.45) is 10.9 Å². The van der Waals surface area contributed by atoms with Crippen molar-refractivity contribution in [3.63, 3.8) is 0 Å². The van der Waals surface area contributed by atoms with Crippen LogP contribution in [0.4, 0.5) is 4.39 Å². The third-order valence-corrected chi connectivity index (χ3v) is 4.87. The van der Waals surface area contributed by atoms with Crippen molar-refractivity contribution in [2.75, 3.05) is 45.9 Å². The largest absolute Gasteiger partial charge is 0.382 e. The molecule has 1 fully saturated rings. The molecule has 1 heterocycles. The first-order valence-electron chi connectivity index (χ1n) is 10.3. The van der Waals surface area contributed by atoms with E-state index < -0.39 is 0 Å². The highest BCUT2D eigenvalue weighted by Gasteiger charge is 2.19. The van der Waals surface area contributed by atoms with Crippen molar-refractivity contribution < 1.29 is 9.13 Å². The molecule has 160 valence electrons. The van der Waals surface area contributed by atoms with Crippen LogP contribution >= 0.6 is 24.0 Å². The van der Waals surface area contributed by atoms with Crippen LogP contribution in [0.25, 0.3) is 0 Å². The van der Waals surface area contributed by atoms with E-state index in [0.29, 0.717) is 12.5 Å². The van der Waals surface area contributed by atoms with E-state index >= 15 is 0 Å². The van der Waals surface area contributed by atoms with Crippen LogP contribution < -0.4 is 10.6 Å². The highest BCUT2D eigenvalue weighted by molar-refractivity contribution is 14.0. The number of rotatable bonds is 10. The molecule has 0 radical (unpaired) electrons. The number of aliphatic imine (C=N–C) groups is 1. The van der Waals surface area contributed by atoms with E-state index in [4.69, 9.17) is 9.73 Å². The Morgan fingerprint density at radius 2 is 1.96 bits per heavy atom. The van der Waals surface area contributed by atoms with Gasteiger partial charge in [-0.05, 0) is 58.2 Å². The minimum absolute atomic E-state index is 0. The maximum Gasteiger partial charge on any atom is 0.191 e. The van der Waals surface area contributed by atoms with Crippen molar-refractivity contribution in [3.05, 3.63) is 35.6 Å². The maximum atomic E-state index is 13.8. The molecule has 1 aliphatic rings. The van der Waals surface area contributed by atoms with Gasteiger partial charge in [0.05, 0.1) is 0 Å². The van der Waals surface area contributed by atoms with Gasteiger partial charge in [0.25, 0.3) is 0 Å². The summed E-state index contributed by atoms with van der Waals surface area (Å²) in [6.45, 7) is 10.9. The first kappa shape index (κ1) is 25.1. The van der Waals surface area contributed by atoms with Gasteiger partial charge >= 0.3 is 0 Å². The minimum Gasteiger partial charge on any atom is -0.382 e. The van der Waals surface area contributed by atoms with Crippen molar-refractivity contribution in [3.8, 4) is 0 Å². The molecule has 1 aromatic rings. The van der Waals surface area contributed by atoms with Crippen LogP contribution in [0, 0.1) is 11.7 Å². The average Bonchev–Trinajstić information content (AvgIpc) is 2.69. The fraction of sp³-hybridized carbons (Fsp3) is 0.667. The number of hydrogen-bond donors (Lipinski definition) is 2. The molecule has 0 atom stereocenters. The Bertz CT molecular complexity index is 565. The summed E-state index contributed by atoms with van der Waals surface area (Å²) in [5, 5.41) is 6.68. The van der Waals surface area contributed by atoms with Gasteiger partial charge in [0, 0.05) is 45.0 Å². The van der Waals surface area contributed by atoms with Gasteiger partial charge in [-0.25, -0.2) is 4.39 Å². The molecule has 5 nitrogen and oxygen atoms in total. The van der Waals surface area contributed by atoms with Crippen molar-refractivity contribution in [1.82, 2.24) is 15.5 Å². The Morgan fingerprint density at radius 1 is 1.21 bits per heavy atom. The van der Waals surface area contributed by atoms with Crippen molar-refractivity contribution >= 4 is 29.9 Å². The number of hydrogen-bond acceptors (Lipinski definition) is 3. The van der Waals surface area contributed by atoms with Gasteiger partial charge in [-0.15, -0.1) is 24.0 Å². The lowest BCUT2D eigenvalue weighted by atomic mass is 9.96. The summed E-state index contributed by atoms with van der Waals surface area (Å²) in [5.74, 6) is 1.39. The summed E-state index contributed by atoms with van der Waals surface area (Å²) in [6, 6.07) is 7.07. The summed E-state index contributed by atoms with van der Waals surface area (Å²) in [4.78, 5) is 7.10. The normalized spacial score (nSPS) is 15.9. The van der Waals surface area contributed by atoms with E-state index in [-0.39, 0.29) is 29.8 Å². The Labute approximate surface area is 186 Å². The summed E-state index contributed by atoms with van der Waals surface area (Å²) in [5.41, 5.74) is 0.791. The second-order valence-corrected chi connectivity index (χ2v) is 7.01. The summed E-state index contributed by atoms with van der Waals surface area (Å²) in [7, 11) is 0. The number of likely N-dealkylation sites (tertiary alicyclic amines) is 1. The van der Waals surface area contributed by atoms with Crippen molar-refractivity contribution in [1.29, 1.82) is 0 Å². The summed E-state index contributed by atoms with van der Waals surface area (Å²) in [6.07, 6.45) is 3.20. The molecule has 1 saturated heterocycles. The Morgan fingerprint density at radius 3 is 2.64 bits per heavy atom. The molecule has 2 N–H and O–H groups in total. The number of benzene rings is 1. The smallest absolute Gasteiger partial charge is 0.191 e. The zero-order valence-electron chi connectivity index (χ0n) is 17.3. The Kier molecular flexibility index (Phi) is 13.4. The molecule has 0 aromatic heterocycles. The number of halogens is 2. The monoisotopic (exact) mass is 506 g/mol. The van der Waals surface area contributed by atoms with Gasteiger partial charge in [0.2, 0.25) is 0 Å². The molecular weight excluding hydrogens is 470 g/mol. The van der Waals surface area contributed by atoms with Crippen LogP contribution in [0.1, 0.15) is 38.7 Å². The van der Waals surface area contributed by atoms with Gasteiger partial charge in [0.15, 0.2) is 5.96 Å². The Balaban J connectivity index is 0.00000392. The molecule has 1 aromatic carbocycles. The van der Waals surface area contributed by atoms with Gasteiger partial charge in [-0.3, -0.25) is 9.89 Å². The van der Waals surface area contributed by atoms with Crippen LogP contribution in [-0.4, -0.2) is 56.8 Å². The highest BCUT2D eigenvalue weighted by atomic mass is 127. The molecule has 0 amide bonds. The first-order valence-corrected chi connectivity index (χ1v) is 10.3. The molecule has 0 aliphatic carbocycles. The molecule has 0 unspecified atom stereocenters. The molecule has 7 heteroatoms. The van der Waals surface area contributed by atoms with E-state index in [1.807, 2.05) is 19.1 Å². The summed E-state index contributed by atoms with van der Waals surface area (Å²) < 4.78 is 19.2. The van der Waals surface area contributed by atoms with Crippen LogP contribution in [0.2, 0.25) is 0 Å². The number of nitrogens with one attached hydrogen (secondary N) is 2. The fourth-order valence-corrected chi connectivity index (χ4v) is 3.28. The SMILES string of the molecule is CCNC(=NCC1CCN(Cc2ccccc2F)CC1)NCCCOCC.I. The topological polar surface area (TPSA) is 48.9 Å². The van der Waals surface area contributed by atoms with Gasteiger partial charge in [0.1, 0.15) is 5.82 Å². The molecule has 1 aliphatic heterocycles. The lowest BCUT2D eigenvalue weighted by Gasteiger charge is -2.31. The van der Waals surface area contributed by atoms with Crippen molar-refractivity contribution in [2.45, 2.75) is 39.7 Å². The van der Waals surface area contributed by atoms with Gasteiger partial charge in [-0.1, -0.05) is 18.2 Å². The number of piperidine rings is 1. The number of nitrogens with zero attached hydrogens (tertiary/aromatic N) is 2. The zero-order chi connectivity index (χ0) is 19.3. The van der Waals surface area contributed by atoms with E-state index in [2.05, 4.69) is 22.5 Å². The second-order valence-electron chi connectivity index (χ2n) is 7.01. The predicted molar refractivity (Wildman–Crippen MR) is 125 cm³/mol. The minimum atomic E-state index is -0.102. The highest BCUT2D eigenvalue weighted by Crippen LogP contribution is 2.20. The second kappa shape index (κ2) is 15.0. The Hall–Kier alpha value is -0.930. The first-order chi connectivity index (χ1) is 13.2.